The largest absolute Gasteiger partial charge is 0.506 e. The molecule has 0 spiro atoms. The SMILES string of the molecule is CC(C)(C)c1ccc(O)c(NC(=O)Cc2ccccc2F)c1. The van der Waals surface area contributed by atoms with Crippen LogP contribution < -0.4 is 5.32 Å². The second-order valence-electron chi connectivity index (χ2n) is 6.30. The Morgan fingerprint density at radius 2 is 1.86 bits per heavy atom. The maximum absolute atomic E-state index is 13.6. The van der Waals surface area contributed by atoms with Gasteiger partial charge in [0.05, 0.1) is 12.1 Å². The first kappa shape index (κ1) is 16.0. The summed E-state index contributed by atoms with van der Waals surface area (Å²) in [6, 6.07) is 11.3. The van der Waals surface area contributed by atoms with Gasteiger partial charge in [0.2, 0.25) is 5.91 Å². The van der Waals surface area contributed by atoms with Crippen LogP contribution in [0.4, 0.5) is 10.1 Å². The maximum atomic E-state index is 13.6. The molecule has 2 aromatic carbocycles. The van der Waals surface area contributed by atoms with Crippen molar-refractivity contribution in [3.05, 3.63) is 59.4 Å². The van der Waals surface area contributed by atoms with Crippen LogP contribution in [0.15, 0.2) is 42.5 Å². The Morgan fingerprint density at radius 1 is 1.18 bits per heavy atom. The molecule has 3 nitrogen and oxygen atoms in total. The van der Waals surface area contributed by atoms with Crippen LogP contribution in [0.3, 0.4) is 0 Å². The van der Waals surface area contributed by atoms with Gasteiger partial charge < -0.3 is 10.4 Å². The third kappa shape index (κ3) is 3.85. The standard InChI is InChI=1S/C18H20FNO2/c1-18(2,3)13-8-9-16(21)15(11-13)20-17(22)10-12-6-4-5-7-14(12)19/h4-9,11,21H,10H2,1-3H3,(H,20,22). The van der Waals surface area contributed by atoms with Crippen LogP contribution >= 0.6 is 0 Å². The Hall–Kier alpha value is -2.36. The summed E-state index contributed by atoms with van der Waals surface area (Å²) in [7, 11) is 0. The van der Waals surface area contributed by atoms with E-state index in [2.05, 4.69) is 5.32 Å². The van der Waals surface area contributed by atoms with Crippen molar-refractivity contribution in [3.63, 3.8) is 0 Å². The van der Waals surface area contributed by atoms with Crippen LogP contribution in [0.2, 0.25) is 0 Å². The number of benzene rings is 2. The monoisotopic (exact) mass is 301 g/mol. The van der Waals surface area contributed by atoms with E-state index in [-0.39, 0.29) is 23.5 Å². The van der Waals surface area contributed by atoms with Gasteiger partial charge in [-0.1, -0.05) is 45.0 Å². The molecule has 0 aliphatic rings. The van der Waals surface area contributed by atoms with Crippen LogP contribution in [0.25, 0.3) is 0 Å². The first-order valence-corrected chi connectivity index (χ1v) is 7.14. The predicted molar refractivity (Wildman–Crippen MR) is 85.5 cm³/mol. The van der Waals surface area contributed by atoms with Crippen LogP contribution in [0.1, 0.15) is 31.9 Å². The lowest BCUT2D eigenvalue weighted by molar-refractivity contribution is -0.115. The first-order chi connectivity index (χ1) is 10.3. The number of rotatable bonds is 3. The molecule has 0 bridgehead atoms. The summed E-state index contributed by atoms with van der Waals surface area (Å²) < 4.78 is 13.6. The molecule has 0 saturated carbocycles. The van der Waals surface area contributed by atoms with Gasteiger partial charge in [0.1, 0.15) is 11.6 Å². The molecule has 2 aromatic rings. The fourth-order valence-electron chi connectivity index (χ4n) is 2.11. The van der Waals surface area contributed by atoms with Crippen LogP contribution in [-0.2, 0) is 16.6 Å². The summed E-state index contributed by atoms with van der Waals surface area (Å²) in [4.78, 5) is 12.1. The minimum Gasteiger partial charge on any atom is -0.506 e. The van der Waals surface area contributed by atoms with Crippen LogP contribution in [0.5, 0.6) is 5.75 Å². The highest BCUT2D eigenvalue weighted by Gasteiger charge is 2.17. The number of nitrogens with one attached hydrogen (secondary N) is 1. The molecule has 2 rings (SSSR count). The van der Waals surface area contributed by atoms with E-state index in [0.717, 1.165) is 5.56 Å². The van der Waals surface area contributed by atoms with Gasteiger partial charge in [0.25, 0.3) is 0 Å². The van der Waals surface area contributed by atoms with Gasteiger partial charge in [-0.2, -0.15) is 0 Å². The first-order valence-electron chi connectivity index (χ1n) is 7.14. The maximum Gasteiger partial charge on any atom is 0.229 e. The van der Waals surface area contributed by atoms with Crippen molar-refractivity contribution in [2.75, 3.05) is 5.32 Å². The Kier molecular flexibility index (Phi) is 4.50. The molecule has 0 radical (unpaired) electrons. The number of aromatic hydroxyl groups is 1. The zero-order chi connectivity index (χ0) is 16.3. The van der Waals surface area contributed by atoms with Gasteiger partial charge in [-0.05, 0) is 34.7 Å². The van der Waals surface area contributed by atoms with E-state index >= 15 is 0 Å². The lowest BCUT2D eigenvalue weighted by Crippen LogP contribution is -2.17. The molecule has 22 heavy (non-hydrogen) atoms. The number of anilines is 1. The highest BCUT2D eigenvalue weighted by molar-refractivity contribution is 5.93. The summed E-state index contributed by atoms with van der Waals surface area (Å²) in [5, 5.41) is 12.5. The second-order valence-corrected chi connectivity index (χ2v) is 6.30. The number of phenols is 1. The molecule has 0 fully saturated rings. The summed E-state index contributed by atoms with van der Waals surface area (Å²) in [6.45, 7) is 6.14. The van der Waals surface area contributed by atoms with Crippen molar-refractivity contribution in [2.24, 2.45) is 0 Å². The number of hydrogen-bond donors (Lipinski definition) is 2. The zero-order valence-electron chi connectivity index (χ0n) is 13.0. The van der Waals surface area contributed by atoms with Crippen molar-refractivity contribution < 1.29 is 14.3 Å². The number of hydrogen-bond acceptors (Lipinski definition) is 2. The number of carbonyl (C=O) groups excluding carboxylic acids is 1. The summed E-state index contributed by atoms with van der Waals surface area (Å²) in [5.74, 6) is -0.786. The average molecular weight is 301 g/mol. The van der Waals surface area contributed by atoms with Gasteiger partial charge in [-0.3, -0.25) is 4.79 Å². The highest BCUT2D eigenvalue weighted by atomic mass is 19.1. The van der Waals surface area contributed by atoms with E-state index in [0.29, 0.717) is 11.3 Å². The molecule has 0 saturated heterocycles. The van der Waals surface area contributed by atoms with E-state index in [9.17, 15) is 14.3 Å². The molecular weight excluding hydrogens is 281 g/mol. The molecule has 0 heterocycles. The van der Waals surface area contributed by atoms with Gasteiger partial charge in [-0.15, -0.1) is 0 Å². The van der Waals surface area contributed by atoms with E-state index in [4.69, 9.17) is 0 Å². The number of phenolic OH excluding ortho intramolecular Hbond substituents is 1. The third-order valence-electron chi connectivity index (χ3n) is 3.45. The normalized spacial score (nSPS) is 11.3. The van der Waals surface area contributed by atoms with Gasteiger partial charge >= 0.3 is 0 Å². The second kappa shape index (κ2) is 6.18. The van der Waals surface area contributed by atoms with Crippen molar-refractivity contribution in [2.45, 2.75) is 32.6 Å². The number of amides is 1. The Balaban J connectivity index is 2.17. The topological polar surface area (TPSA) is 49.3 Å². The minimum absolute atomic E-state index is 0.00474. The molecule has 116 valence electrons. The fourth-order valence-corrected chi connectivity index (χ4v) is 2.11. The fraction of sp³-hybridized carbons (Fsp3) is 0.278. The van der Waals surface area contributed by atoms with E-state index in [1.807, 2.05) is 26.8 Å². The van der Waals surface area contributed by atoms with E-state index in [1.165, 1.54) is 6.07 Å². The minimum atomic E-state index is -0.412. The molecule has 0 aliphatic heterocycles. The van der Waals surface area contributed by atoms with Crippen LogP contribution in [-0.4, -0.2) is 11.0 Å². The van der Waals surface area contributed by atoms with Gasteiger partial charge in [0, 0.05) is 0 Å². The van der Waals surface area contributed by atoms with Crippen molar-refractivity contribution in [1.29, 1.82) is 0 Å². The predicted octanol–water partition coefficient (Wildman–Crippen LogP) is 4.01. The zero-order valence-corrected chi connectivity index (χ0v) is 13.0. The number of carbonyl (C=O) groups is 1. The lowest BCUT2D eigenvalue weighted by Gasteiger charge is -2.20. The number of halogens is 1. The van der Waals surface area contributed by atoms with Gasteiger partial charge in [0.15, 0.2) is 0 Å². The smallest absolute Gasteiger partial charge is 0.229 e. The van der Waals surface area contributed by atoms with Crippen molar-refractivity contribution in [1.82, 2.24) is 0 Å². The van der Waals surface area contributed by atoms with E-state index in [1.54, 1.807) is 30.3 Å². The molecule has 4 heteroatoms. The summed E-state index contributed by atoms with van der Waals surface area (Å²) >= 11 is 0. The van der Waals surface area contributed by atoms with Crippen molar-refractivity contribution in [3.8, 4) is 5.75 Å². The van der Waals surface area contributed by atoms with E-state index < -0.39 is 5.82 Å². The molecule has 0 unspecified atom stereocenters. The Labute approximate surface area is 129 Å². The Bertz CT molecular complexity index is 690. The van der Waals surface area contributed by atoms with Gasteiger partial charge in [-0.25, -0.2) is 4.39 Å². The highest BCUT2D eigenvalue weighted by Crippen LogP contribution is 2.30. The Morgan fingerprint density at radius 3 is 2.50 bits per heavy atom. The van der Waals surface area contributed by atoms with Crippen molar-refractivity contribution >= 4 is 11.6 Å². The average Bonchev–Trinajstić information content (AvgIpc) is 2.42. The third-order valence-corrected chi connectivity index (χ3v) is 3.45. The molecule has 0 atom stereocenters. The quantitative estimate of drug-likeness (QED) is 0.842. The molecule has 1 amide bonds. The summed E-state index contributed by atoms with van der Waals surface area (Å²) in [5.41, 5.74) is 1.56. The summed E-state index contributed by atoms with van der Waals surface area (Å²) in [6.07, 6.45) is -0.0775. The lowest BCUT2D eigenvalue weighted by atomic mass is 9.87. The molecule has 2 N–H and O–H groups in total. The molecular formula is C18H20FNO2. The van der Waals surface area contributed by atoms with Crippen LogP contribution in [0, 0.1) is 5.82 Å². The molecule has 0 aliphatic carbocycles. The molecule has 0 aromatic heterocycles.